The molecule has 1 amide bonds. The van der Waals surface area contributed by atoms with E-state index in [0.717, 1.165) is 15.0 Å². The summed E-state index contributed by atoms with van der Waals surface area (Å²) >= 11 is 1.50. The van der Waals surface area contributed by atoms with E-state index in [1.165, 1.54) is 23.6 Å². The lowest BCUT2D eigenvalue weighted by atomic mass is 10.1. The molecule has 0 radical (unpaired) electrons. The Kier molecular flexibility index (Phi) is 2.76. The minimum absolute atomic E-state index is 0.360. The van der Waals surface area contributed by atoms with Gasteiger partial charge < -0.3 is 5.73 Å². The summed E-state index contributed by atoms with van der Waals surface area (Å²) in [5, 5.41) is 1.01. The van der Waals surface area contributed by atoms with Crippen LogP contribution in [0.3, 0.4) is 0 Å². The van der Waals surface area contributed by atoms with Gasteiger partial charge in [0.2, 0.25) is 5.91 Å². The smallest absolute Gasteiger partial charge is 0.248 e. The van der Waals surface area contributed by atoms with Crippen LogP contribution in [0, 0.1) is 5.82 Å². The van der Waals surface area contributed by atoms with E-state index in [0.29, 0.717) is 11.3 Å². The topological polar surface area (TPSA) is 56.0 Å². The van der Waals surface area contributed by atoms with Gasteiger partial charge in [-0.3, -0.25) is 9.78 Å². The average molecular weight is 272 g/mol. The van der Waals surface area contributed by atoms with Gasteiger partial charge in [-0.2, -0.15) is 0 Å². The summed E-state index contributed by atoms with van der Waals surface area (Å²) in [6, 6.07) is 10.3. The molecule has 19 heavy (non-hydrogen) atoms. The first-order valence-corrected chi connectivity index (χ1v) is 6.40. The maximum atomic E-state index is 12.8. The fourth-order valence-corrected chi connectivity index (χ4v) is 2.91. The molecule has 0 atom stereocenters. The minimum atomic E-state index is -0.447. The Hall–Kier alpha value is -2.27. The first-order chi connectivity index (χ1) is 9.13. The molecule has 2 heterocycles. The molecule has 2 N–H and O–H groups in total. The predicted octanol–water partition coefficient (Wildman–Crippen LogP) is 3.20. The molecule has 2 aromatic heterocycles. The SMILES string of the molecule is NC(=O)c1ccc2cc(-c3ccc(F)cn3)sc2c1. The van der Waals surface area contributed by atoms with Crippen molar-refractivity contribution in [3.8, 4) is 10.6 Å². The van der Waals surface area contributed by atoms with Gasteiger partial charge in [-0.05, 0) is 35.7 Å². The molecule has 0 saturated carbocycles. The first-order valence-electron chi connectivity index (χ1n) is 5.59. The van der Waals surface area contributed by atoms with Gasteiger partial charge in [0.1, 0.15) is 5.82 Å². The summed E-state index contributed by atoms with van der Waals surface area (Å²) < 4.78 is 13.8. The molecule has 0 bridgehead atoms. The Morgan fingerprint density at radius 3 is 2.74 bits per heavy atom. The molecule has 0 spiro atoms. The number of primary amides is 1. The minimum Gasteiger partial charge on any atom is -0.366 e. The molecule has 0 saturated heterocycles. The van der Waals surface area contributed by atoms with Crippen LogP contribution in [-0.4, -0.2) is 10.9 Å². The van der Waals surface area contributed by atoms with Crippen molar-refractivity contribution >= 4 is 27.3 Å². The Bertz CT molecular complexity index is 765. The number of nitrogens with zero attached hydrogens (tertiary/aromatic N) is 1. The molecule has 3 aromatic rings. The number of benzene rings is 1. The van der Waals surface area contributed by atoms with Gasteiger partial charge in [-0.1, -0.05) is 6.07 Å². The molecule has 3 rings (SSSR count). The quantitative estimate of drug-likeness (QED) is 0.778. The highest BCUT2D eigenvalue weighted by atomic mass is 32.1. The van der Waals surface area contributed by atoms with Crippen LogP contribution in [0.2, 0.25) is 0 Å². The molecular weight excluding hydrogens is 263 g/mol. The van der Waals surface area contributed by atoms with E-state index >= 15 is 0 Å². The molecule has 0 fully saturated rings. The second-order valence-electron chi connectivity index (χ2n) is 4.09. The van der Waals surface area contributed by atoms with E-state index in [2.05, 4.69) is 4.98 Å². The average Bonchev–Trinajstić information content (AvgIpc) is 2.82. The Balaban J connectivity index is 2.11. The Morgan fingerprint density at radius 1 is 1.21 bits per heavy atom. The fourth-order valence-electron chi connectivity index (χ4n) is 1.83. The highest BCUT2D eigenvalue weighted by Gasteiger charge is 2.08. The van der Waals surface area contributed by atoms with Gasteiger partial charge in [0, 0.05) is 10.3 Å². The first kappa shape index (κ1) is 11.8. The van der Waals surface area contributed by atoms with Crippen molar-refractivity contribution in [3.63, 3.8) is 0 Å². The van der Waals surface area contributed by atoms with Gasteiger partial charge in [0.05, 0.1) is 16.8 Å². The number of aromatic nitrogens is 1. The number of fused-ring (bicyclic) bond motifs is 1. The highest BCUT2D eigenvalue weighted by molar-refractivity contribution is 7.22. The van der Waals surface area contributed by atoms with Crippen molar-refractivity contribution in [2.75, 3.05) is 0 Å². The predicted molar refractivity (Wildman–Crippen MR) is 73.5 cm³/mol. The lowest BCUT2D eigenvalue weighted by Crippen LogP contribution is -2.10. The van der Waals surface area contributed by atoms with E-state index in [4.69, 9.17) is 5.73 Å². The van der Waals surface area contributed by atoms with Crippen LogP contribution in [0.5, 0.6) is 0 Å². The van der Waals surface area contributed by atoms with Crippen LogP contribution in [0.1, 0.15) is 10.4 Å². The number of nitrogens with two attached hydrogens (primary N) is 1. The third-order valence-corrected chi connectivity index (χ3v) is 3.90. The van der Waals surface area contributed by atoms with Crippen molar-refractivity contribution in [1.82, 2.24) is 4.98 Å². The molecule has 5 heteroatoms. The van der Waals surface area contributed by atoms with Crippen LogP contribution in [-0.2, 0) is 0 Å². The zero-order valence-electron chi connectivity index (χ0n) is 9.76. The van der Waals surface area contributed by atoms with Gasteiger partial charge in [-0.25, -0.2) is 4.39 Å². The van der Waals surface area contributed by atoms with Crippen molar-refractivity contribution in [3.05, 3.63) is 54.0 Å². The number of pyridine rings is 1. The van der Waals surface area contributed by atoms with Gasteiger partial charge in [0.15, 0.2) is 0 Å². The molecule has 0 aliphatic rings. The van der Waals surface area contributed by atoms with Crippen molar-refractivity contribution in [2.45, 2.75) is 0 Å². The summed E-state index contributed by atoms with van der Waals surface area (Å²) in [4.78, 5) is 16.1. The molecule has 94 valence electrons. The lowest BCUT2D eigenvalue weighted by molar-refractivity contribution is 0.100. The largest absolute Gasteiger partial charge is 0.366 e. The van der Waals surface area contributed by atoms with Crippen molar-refractivity contribution in [1.29, 1.82) is 0 Å². The van der Waals surface area contributed by atoms with Crippen LogP contribution < -0.4 is 5.73 Å². The molecule has 3 nitrogen and oxygen atoms in total. The monoisotopic (exact) mass is 272 g/mol. The molecule has 0 aliphatic heterocycles. The fraction of sp³-hybridized carbons (Fsp3) is 0. The summed E-state index contributed by atoms with van der Waals surface area (Å²) in [5.74, 6) is -0.808. The Labute approximate surface area is 112 Å². The molecule has 0 unspecified atom stereocenters. The number of amides is 1. The number of hydrogen-bond acceptors (Lipinski definition) is 3. The van der Waals surface area contributed by atoms with Gasteiger partial charge >= 0.3 is 0 Å². The van der Waals surface area contributed by atoms with E-state index in [1.54, 1.807) is 18.2 Å². The van der Waals surface area contributed by atoms with E-state index in [1.807, 2.05) is 12.1 Å². The number of thiophene rings is 1. The molecule has 1 aromatic carbocycles. The van der Waals surface area contributed by atoms with E-state index < -0.39 is 5.91 Å². The van der Waals surface area contributed by atoms with Crippen LogP contribution >= 0.6 is 11.3 Å². The summed E-state index contributed by atoms with van der Waals surface area (Å²) in [6.07, 6.45) is 1.19. The standard InChI is InChI=1S/C14H9FN2OS/c15-10-3-4-11(17-7-10)13-5-8-1-2-9(14(16)18)6-12(8)19-13/h1-7H,(H2,16,18). The number of rotatable bonds is 2. The second-order valence-corrected chi connectivity index (χ2v) is 5.17. The lowest BCUT2D eigenvalue weighted by Gasteiger charge is -1.94. The highest BCUT2D eigenvalue weighted by Crippen LogP contribution is 2.32. The normalized spacial score (nSPS) is 10.8. The molecule has 0 aliphatic carbocycles. The van der Waals surface area contributed by atoms with Crippen LogP contribution in [0.15, 0.2) is 42.6 Å². The third-order valence-electron chi connectivity index (χ3n) is 2.78. The van der Waals surface area contributed by atoms with E-state index in [-0.39, 0.29) is 5.82 Å². The van der Waals surface area contributed by atoms with Gasteiger partial charge in [0.25, 0.3) is 0 Å². The molecular formula is C14H9FN2OS. The van der Waals surface area contributed by atoms with Crippen molar-refractivity contribution in [2.24, 2.45) is 5.73 Å². The number of carbonyl (C=O) groups is 1. The second kappa shape index (κ2) is 4.44. The van der Waals surface area contributed by atoms with E-state index in [9.17, 15) is 9.18 Å². The van der Waals surface area contributed by atoms with Crippen LogP contribution in [0.25, 0.3) is 20.7 Å². The zero-order chi connectivity index (χ0) is 13.4. The van der Waals surface area contributed by atoms with Crippen LogP contribution in [0.4, 0.5) is 4.39 Å². The number of halogens is 1. The maximum absolute atomic E-state index is 12.8. The number of hydrogen-bond donors (Lipinski definition) is 1. The maximum Gasteiger partial charge on any atom is 0.248 e. The third kappa shape index (κ3) is 2.20. The summed E-state index contributed by atoms with van der Waals surface area (Å²) in [7, 11) is 0. The summed E-state index contributed by atoms with van der Waals surface area (Å²) in [6.45, 7) is 0. The number of carbonyl (C=O) groups excluding carboxylic acids is 1. The Morgan fingerprint density at radius 2 is 2.05 bits per heavy atom. The zero-order valence-corrected chi connectivity index (χ0v) is 10.6. The summed E-state index contributed by atoms with van der Waals surface area (Å²) in [5.41, 5.74) is 6.44. The van der Waals surface area contributed by atoms with Crippen molar-refractivity contribution < 1.29 is 9.18 Å². The van der Waals surface area contributed by atoms with Gasteiger partial charge in [-0.15, -0.1) is 11.3 Å².